The third-order valence-electron chi connectivity index (χ3n) is 3.68. The van der Waals surface area contributed by atoms with Crippen molar-refractivity contribution in [2.75, 3.05) is 17.2 Å². The highest BCUT2D eigenvalue weighted by Gasteiger charge is 2.09. The van der Waals surface area contributed by atoms with E-state index < -0.39 is 0 Å². The molecule has 0 spiro atoms. The number of amides is 2. The second-order valence-corrected chi connectivity index (χ2v) is 6.86. The van der Waals surface area contributed by atoms with Crippen LogP contribution in [-0.4, -0.2) is 23.5 Å². The Morgan fingerprint density at radius 2 is 1.86 bits per heavy atom. The molecule has 0 saturated heterocycles. The molecule has 3 N–H and O–H groups in total. The van der Waals surface area contributed by atoms with Crippen LogP contribution in [0.5, 0.6) is 5.75 Å². The predicted molar refractivity (Wildman–Crippen MR) is 116 cm³/mol. The quantitative estimate of drug-likeness (QED) is 0.584. The fourth-order valence-electron chi connectivity index (χ4n) is 2.32. The molecule has 0 aliphatic heterocycles. The fraction of sp³-hybridized carbons (Fsp3) is 0.250. The number of carbonyl (C=O) groups excluding carboxylic acids is 2. The number of anilines is 2. The van der Waals surface area contributed by atoms with Gasteiger partial charge in [-0.1, -0.05) is 36.7 Å². The van der Waals surface area contributed by atoms with Crippen LogP contribution in [0.2, 0.25) is 5.02 Å². The van der Waals surface area contributed by atoms with Crippen LogP contribution in [-0.2, 0) is 9.59 Å². The molecule has 8 heteroatoms. The van der Waals surface area contributed by atoms with Gasteiger partial charge in [0.15, 0.2) is 11.7 Å². The average molecular weight is 420 g/mol. The largest absolute Gasteiger partial charge is 0.483 e. The van der Waals surface area contributed by atoms with E-state index in [4.69, 9.17) is 28.6 Å². The predicted octanol–water partition coefficient (Wildman–Crippen LogP) is 4.28. The zero-order valence-corrected chi connectivity index (χ0v) is 17.2. The zero-order chi connectivity index (χ0) is 20.5. The van der Waals surface area contributed by atoms with Crippen LogP contribution in [0.3, 0.4) is 0 Å². The molecular weight excluding hydrogens is 398 g/mol. The van der Waals surface area contributed by atoms with Gasteiger partial charge in [0, 0.05) is 12.1 Å². The van der Waals surface area contributed by atoms with E-state index >= 15 is 0 Å². The highest BCUT2D eigenvalue weighted by molar-refractivity contribution is 7.80. The summed E-state index contributed by atoms with van der Waals surface area (Å²) in [6, 6.07) is 12.4. The third kappa shape index (κ3) is 6.83. The van der Waals surface area contributed by atoms with Crippen molar-refractivity contribution in [1.82, 2.24) is 5.32 Å². The van der Waals surface area contributed by atoms with Crippen molar-refractivity contribution in [3.63, 3.8) is 0 Å². The van der Waals surface area contributed by atoms with E-state index in [2.05, 4.69) is 16.0 Å². The second kappa shape index (κ2) is 10.6. The maximum atomic E-state index is 12.0. The zero-order valence-electron chi connectivity index (χ0n) is 15.7. The van der Waals surface area contributed by atoms with Gasteiger partial charge in [0.25, 0.3) is 5.91 Å². The first kappa shape index (κ1) is 21.7. The smallest absolute Gasteiger partial charge is 0.264 e. The Kier molecular flexibility index (Phi) is 8.22. The summed E-state index contributed by atoms with van der Waals surface area (Å²) >= 11 is 11.3. The maximum absolute atomic E-state index is 12.0. The van der Waals surface area contributed by atoms with Crippen molar-refractivity contribution in [3.8, 4) is 5.75 Å². The van der Waals surface area contributed by atoms with Crippen LogP contribution in [0.25, 0.3) is 0 Å². The SMILES string of the molecule is CCCC(=O)Nc1ccc(NC(=S)NC(=O)COc2ccccc2C)cc1Cl. The summed E-state index contributed by atoms with van der Waals surface area (Å²) in [6.45, 7) is 3.67. The van der Waals surface area contributed by atoms with Crippen molar-refractivity contribution in [2.45, 2.75) is 26.7 Å². The number of hydrogen-bond acceptors (Lipinski definition) is 4. The minimum absolute atomic E-state index is 0.0958. The van der Waals surface area contributed by atoms with Gasteiger partial charge in [0.1, 0.15) is 5.75 Å². The van der Waals surface area contributed by atoms with Gasteiger partial charge in [-0.15, -0.1) is 0 Å². The summed E-state index contributed by atoms with van der Waals surface area (Å²) in [5.74, 6) is 0.167. The number of thiocarbonyl (C=S) groups is 1. The Hall–Kier alpha value is -2.64. The molecule has 2 aromatic rings. The lowest BCUT2D eigenvalue weighted by Crippen LogP contribution is -2.37. The van der Waals surface area contributed by atoms with E-state index in [1.165, 1.54) is 0 Å². The number of rotatable bonds is 7. The first-order valence-corrected chi connectivity index (χ1v) is 9.56. The van der Waals surface area contributed by atoms with Gasteiger partial charge >= 0.3 is 0 Å². The molecule has 0 bridgehead atoms. The van der Waals surface area contributed by atoms with Crippen LogP contribution in [0, 0.1) is 6.92 Å². The maximum Gasteiger partial charge on any atom is 0.264 e. The van der Waals surface area contributed by atoms with Crippen molar-refractivity contribution in [3.05, 3.63) is 53.1 Å². The Balaban J connectivity index is 1.85. The number of para-hydroxylation sites is 1. The summed E-state index contributed by atoms with van der Waals surface area (Å²) in [4.78, 5) is 23.7. The van der Waals surface area contributed by atoms with Gasteiger partial charge in [-0.25, -0.2) is 0 Å². The molecule has 2 aromatic carbocycles. The van der Waals surface area contributed by atoms with E-state index in [0.29, 0.717) is 28.6 Å². The van der Waals surface area contributed by atoms with Crippen LogP contribution in [0.1, 0.15) is 25.3 Å². The molecule has 0 aliphatic rings. The van der Waals surface area contributed by atoms with Gasteiger partial charge < -0.3 is 15.4 Å². The normalized spacial score (nSPS) is 10.1. The third-order valence-corrected chi connectivity index (χ3v) is 4.20. The van der Waals surface area contributed by atoms with E-state index in [1.54, 1.807) is 24.3 Å². The highest BCUT2D eigenvalue weighted by Crippen LogP contribution is 2.25. The monoisotopic (exact) mass is 419 g/mol. The molecule has 0 aliphatic carbocycles. The number of nitrogens with one attached hydrogen (secondary N) is 3. The molecule has 0 heterocycles. The molecule has 148 valence electrons. The standard InChI is InChI=1S/C20H22ClN3O3S/c1-3-6-18(25)23-16-10-9-14(11-15(16)21)22-20(28)24-19(26)12-27-17-8-5-4-7-13(17)2/h4-5,7-11H,3,6,12H2,1-2H3,(H,23,25)(H2,22,24,26,28). The highest BCUT2D eigenvalue weighted by atomic mass is 35.5. The average Bonchev–Trinajstić information content (AvgIpc) is 2.63. The summed E-state index contributed by atoms with van der Waals surface area (Å²) in [6.07, 6.45) is 1.18. The Morgan fingerprint density at radius 3 is 2.54 bits per heavy atom. The Labute approximate surface area is 174 Å². The van der Waals surface area contributed by atoms with Crippen molar-refractivity contribution in [2.24, 2.45) is 0 Å². The van der Waals surface area contributed by atoms with Crippen LogP contribution < -0.4 is 20.7 Å². The molecule has 2 amide bonds. The van der Waals surface area contributed by atoms with E-state index in [0.717, 1.165) is 12.0 Å². The fourth-order valence-corrected chi connectivity index (χ4v) is 2.78. The van der Waals surface area contributed by atoms with E-state index in [-0.39, 0.29) is 23.5 Å². The second-order valence-electron chi connectivity index (χ2n) is 6.05. The minimum Gasteiger partial charge on any atom is -0.483 e. The molecule has 0 aromatic heterocycles. The number of benzene rings is 2. The van der Waals surface area contributed by atoms with Crippen molar-refractivity contribution >= 4 is 52.1 Å². The Morgan fingerprint density at radius 1 is 1.11 bits per heavy atom. The molecule has 0 saturated carbocycles. The van der Waals surface area contributed by atoms with E-state index in [1.807, 2.05) is 32.0 Å². The lowest BCUT2D eigenvalue weighted by molar-refractivity contribution is -0.121. The minimum atomic E-state index is -0.379. The van der Waals surface area contributed by atoms with Gasteiger partial charge in [-0.2, -0.15) is 0 Å². The molecule has 0 unspecified atom stereocenters. The summed E-state index contributed by atoms with van der Waals surface area (Å²) in [5, 5.41) is 8.65. The van der Waals surface area contributed by atoms with Gasteiger partial charge in [0.2, 0.25) is 5.91 Å². The number of halogens is 1. The first-order chi connectivity index (χ1) is 13.4. The lowest BCUT2D eigenvalue weighted by Gasteiger charge is -2.13. The Bertz CT molecular complexity index is 874. The van der Waals surface area contributed by atoms with Crippen molar-refractivity contribution < 1.29 is 14.3 Å². The van der Waals surface area contributed by atoms with Crippen LogP contribution >= 0.6 is 23.8 Å². The van der Waals surface area contributed by atoms with Gasteiger partial charge in [-0.05, 0) is 55.4 Å². The first-order valence-electron chi connectivity index (χ1n) is 8.77. The number of carbonyl (C=O) groups is 2. The van der Waals surface area contributed by atoms with Crippen LogP contribution in [0.15, 0.2) is 42.5 Å². The van der Waals surface area contributed by atoms with Gasteiger partial charge in [-0.3, -0.25) is 14.9 Å². The van der Waals surface area contributed by atoms with Gasteiger partial charge in [0.05, 0.1) is 10.7 Å². The molecule has 28 heavy (non-hydrogen) atoms. The molecule has 0 atom stereocenters. The summed E-state index contributed by atoms with van der Waals surface area (Å²) < 4.78 is 5.48. The van der Waals surface area contributed by atoms with Crippen LogP contribution in [0.4, 0.5) is 11.4 Å². The molecular formula is C20H22ClN3O3S. The molecule has 0 radical (unpaired) electrons. The number of hydrogen-bond donors (Lipinski definition) is 3. The van der Waals surface area contributed by atoms with Crippen molar-refractivity contribution in [1.29, 1.82) is 0 Å². The molecule has 6 nitrogen and oxygen atoms in total. The summed E-state index contributed by atoms with van der Waals surface area (Å²) in [7, 11) is 0. The topological polar surface area (TPSA) is 79.5 Å². The molecule has 0 fully saturated rings. The van der Waals surface area contributed by atoms with E-state index in [9.17, 15) is 9.59 Å². The molecule has 2 rings (SSSR count). The number of ether oxygens (including phenoxy) is 1. The number of aryl methyl sites for hydroxylation is 1. The summed E-state index contributed by atoms with van der Waals surface area (Å²) in [5.41, 5.74) is 2.05. The lowest BCUT2D eigenvalue weighted by atomic mass is 10.2.